The van der Waals surface area contributed by atoms with Gasteiger partial charge in [-0.1, -0.05) is 25.2 Å². The molecule has 0 saturated carbocycles. The Hall–Kier alpha value is -0.830. The molecule has 0 fully saturated rings. The fourth-order valence-electron chi connectivity index (χ4n) is 0.796. The molecule has 1 aromatic heterocycles. The highest BCUT2D eigenvalue weighted by atomic mass is 32.1. The van der Waals surface area contributed by atoms with E-state index in [-0.39, 0.29) is 0 Å². The van der Waals surface area contributed by atoms with Crippen molar-refractivity contribution in [1.82, 2.24) is 4.73 Å². The topological polar surface area (TPSA) is 25.2 Å². The van der Waals surface area contributed by atoms with Crippen LogP contribution in [0.4, 0.5) is 0 Å². The van der Waals surface area contributed by atoms with Crippen molar-refractivity contribution in [2.75, 3.05) is 0 Å². The highest BCUT2D eigenvalue weighted by Crippen LogP contribution is 2.01. The lowest BCUT2D eigenvalue weighted by Crippen LogP contribution is -1.95. The second kappa shape index (κ2) is 2.84. The molecule has 0 aromatic carbocycles. The lowest BCUT2D eigenvalue weighted by molar-refractivity contribution is 0.179. The minimum atomic E-state index is 0.505. The van der Waals surface area contributed by atoms with Gasteiger partial charge in [0.05, 0.1) is 0 Å². The first kappa shape index (κ1) is 7.28. The van der Waals surface area contributed by atoms with E-state index in [0.717, 1.165) is 16.7 Å². The minimum absolute atomic E-state index is 0.505. The molecular formula is C7H9NOS. The molecule has 0 saturated heterocycles. The van der Waals surface area contributed by atoms with Crippen LogP contribution in [0.2, 0.25) is 0 Å². The first-order valence-electron chi connectivity index (χ1n) is 3.15. The summed E-state index contributed by atoms with van der Waals surface area (Å²) in [6.45, 7) is 2.01. The van der Waals surface area contributed by atoms with Crippen molar-refractivity contribution in [2.24, 2.45) is 0 Å². The predicted octanol–water partition coefficient (Wildman–Crippen LogP) is 2.02. The van der Waals surface area contributed by atoms with Crippen molar-refractivity contribution in [3.05, 3.63) is 28.5 Å². The third-order valence-electron chi connectivity index (χ3n) is 1.39. The minimum Gasteiger partial charge on any atom is -0.428 e. The number of hydrogen-bond acceptors (Lipinski definition) is 2. The van der Waals surface area contributed by atoms with Gasteiger partial charge in [0.15, 0.2) is 0 Å². The van der Waals surface area contributed by atoms with Crippen molar-refractivity contribution >= 4 is 12.2 Å². The lowest BCUT2D eigenvalue weighted by atomic mass is 10.2. The van der Waals surface area contributed by atoms with Gasteiger partial charge in [0.2, 0.25) is 0 Å². The van der Waals surface area contributed by atoms with E-state index in [1.807, 2.05) is 13.0 Å². The Morgan fingerprint density at radius 2 is 2.40 bits per heavy atom. The van der Waals surface area contributed by atoms with E-state index in [4.69, 9.17) is 17.4 Å². The molecule has 0 atom stereocenters. The number of nitrogens with zero attached hydrogens (tertiary/aromatic N) is 1. The quantitative estimate of drug-likeness (QED) is 0.495. The average Bonchev–Trinajstić information content (AvgIpc) is 1.95. The SMILES string of the molecule is CCc1cccn(O)c1=S. The molecular weight excluding hydrogens is 146 g/mol. The smallest absolute Gasteiger partial charge is 0.145 e. The molecule has 54 valence electrons. The molecule has 2 nitrogen and oxygen atoms in total. The molecule has 1 heterocycles. The summed E-state index contributed by atoms with van der Waals surface area (Å²) >= 11 is 4.91. The number of aryl methyl sites for hydroxylation is 1. The maximum absolute atomic E-state index is 9.04. The first-order valence-corrected chi connectivity index (χ1v) is 3.56. The summed E-state index contributed by atoms with van der Waals surface area (Å²) in [6.07, 6.45) is 2.39. The third-order valence-corrected chi connectivity index (χ3v) is 1.84. The molecule has 0 aliphatic carbocycles. The van der Waals surface area contributed by atoms with Gasteiger partial charge in [-0.05, 0) is 18.1 Å². The van der Waals surface area contributed by atoms with Crippen LogP contribution in [0.5, 0.6) is 0 Å². The lowest BCUT2D eigenvalue weighted by Gasteiger charge is -1.99. The van der Waals surface area contributed by atoms with Crippen molar-refractivity contribution in [1.29, 1.82) is 0 Å². The Labute approximate surface area is 64.7 Å². The van der Waals surface area contributed by atoms with E-state index in [1.165, 1.54) is 6.20 Å². The van der Waals surface area contributed by atoms with E-state index < -0.39 is 0 Å². The second-order valence-corrected chi connectivity index (χ2v) is 2.42. The van der Waals surface area contributed by atoms with Crippen molar-refractivity contribution in [3.8, 4) is 0 Å². The standard InChI is InChI=1S/C7H9NOS/c1-2-6-4-3-5-8(9)7(6)10/h3-5,9H,2H2,1H3. The van der Waals surface area contributed by atoms with E-state index in [0.29, 0.717) is 4.64 Å². The van der Waals surface area contributed by atoms with Gasteiger partial charge >= 0.3 is 0 Å². The molecule has 0 bridgehead atoms. The summed E-state index contributed by atoms with van der Waals surface area (Å²) < 4.78 is 1.47. The average molecular weight is 155 g/mol. The van der Waals surface area contributed by atoms with Crippen LogP contribution < -0.4 is 0 Å². The number of rotatable bonds is 1. The van der Waals surface area contributed by atoms with Gasteiger partial charge in [0.1, 0.15) is 4.64 Å². The van der Waals surface area contributed by atoms with Crippen LogP contribution in [-0.2, 0) is 6.42 Å². The largest absolute Gasteiger partial charge is 0.428 e. The Morgan fingerprint density at radius 3 is 2.90 bits per heavy atom. The zero-order valence-corrected chi connectivity index (χ0v) is 6.56. The molecule has 1 rings (SSSR count). The highest BCUT2D eigenvalue weighted by Gasteiger charge is 1.92. The van der Waals surface area contributed by atoms with Crippen molar-refractivity contribution in [3.63, 3.8) is 0 Å². The fraction of sp³-hybridized carbons (Fsp3) is 0.286. The fourth-order valence-corrected chi connectivity index (χ4v) is 1.07. The number of hydrogen-bond donors (Lipinski definition) is 1. The maximum Gasteiger partial charge on any atom is 0.145 e. The zero-order valence-electron chi connectivity index (χ0n) is 5.74. The Morgan fingerprint density at radius 1 is 1.70 bits per heavy atom. The summed E-state index contributed by atoms with van der Waals surface area (Å²) in [7, 11) is 0. The van der Waals surface area contributed by atoms with Gasteiger partial charge in [-0.25, -0.2) is 0 Å². The summed E-state index contributed by atoms with van der Waals surface area (Å²) in [6, 6.07) is 3.68. The van der Waals surface area contributed by atoms with E-state index in [2.05, 4.69) is 0 Å². The van der Waals surface area contributed by atoms with Crippen LogP contribution >= 0.6 is 12.2 Å². The van der Waals surface area contributed by atoms with Gasteiger partial charge in [-0.15, -0.1) is 0 Å². The highest BCUT2D eigenvalue weighted by molar-refractivity contribution is 7.71. The van der Waals surface area contributed by atoms with Crippen LogP contribution in [0.25, 0.3) is 0 Å². The van der Waals surface area contributed by atoms with Crippen molar-refractivity contribution in [2.45, 2.75) is 13.3 Å². The number of aromatic nitrogens is 1. The molecule has 0 radical (unpaired) electrons. The van der Waals surface area contributed by atoms with Crippen LogP contribution in [0, 0.1) is 4.64 Å². The molecule has 0 aliphatic rings. The zero-order chi connectivity index (χ0) is 7.56. The Balaban J connectivity index is 3.28. The van der Waals surface area contributed by atoms with Gasteiger partial charge in [0.25, 0.3) is 0 Å². The normalized spacial score (nSPS) is 9.70. The van der Waals surface area contributed by atoms with E-state index in [9.17, 15) is 0 Å². The molecule has 1 aromatic rings. The van der Waals surface area contributed by atoms with Crippen molar-refractivity contribution < 1.29 is 5.21 Å². The Bertz CT molecular complexity index is 279. The molecule has 0 aliphatic heterocycles. The monoisotopic (exact) mass is 155 g/mol. The Kier molecular flexibility index (Phi) is 2.06. The van der Waals surface area contributed by atoms with Gasteiger partial charge in [-0.2, -0.15) is 4.73 Å². The number of pyridine rings is 1. The van der Waals surface area contributed by atoms with E-state index >= 15 is 0 Å². The van der Waals surface area contributed by atoms with Gasteiger partial charge in [0, 0.05) is 6.20 Å². The van der Waals surface area contributed by atoms with Crippen LogP contribution in [-0.4, -0.2) is 9.94 Å². The summed E-state index contributed by atoms with van der Waals surface area (Å²) in [5.74, 6) is 0. The molecule has 0 amide bonds. The molecule has 3 heteroatoms. The predicted molar refractivity (Wildman–Crippen MR) is 41.8 cm³/mol. The molecule has 0 spiro atoms. The van der Waals surface area contributed by atoms with E-state index in [1.54, 1.807) is 6.07 Å². The molecule has 1 N–H and O–H groups in total. The van der Waals surface area contributed by atoms with Crippen LogP contribution in [0.1, 0.15) is 12.5 Å². The van der Waals surface area contributed by atoms with Crippen LogP contribution in [0.3, 0.4) is 0 Å². The summed E-state index contributed by atoms with van der Waals surface area (Å²) in [5, 5.41) is 9.04. The van der Waals surface area contributed by atoms with Gasteiger partial charge < -0.3 is 5.21 Å². The molecule has 0 unspecified atom stereocenters. The summed E-state index contributed by atoms with van der Waals surface area (Å²) in [5.41, 5.74) is 1.00. The van der Waals surface area contributed by atoms with Crippen LogP contribution in [0.15, 0.2) is 18.3 Å². The van der Waals surface area contributed by atoms with Gasteiger partial charge in [-0.3, -0.25) is 0 Å². The molecule has 10 heavy (non-hydrogen) atoms. The maximum atomic E-state index is 9.04. The second-order valence-electron chi connectivity index (χ2n) is 2.04. The first-order chi connectivity index (χ1) is 4.75. The third kappa shape index (κ3) is 1.19. The summed E-state index contributed by atoms with van der Waals surface area (Å²) in [4.78, 5) is 0.